The molecule has 0 aliphatic heterocycles. The smallest absolute Gasteiger partial charge is 0.308 e. The van der Waals surface area contributed by atoms with Gasteiger partial charge in [-0.25, -0.2) is 0 Å². The number of amides is 1. The van der Waals surface area contributed by atoms with Crippen molar-refractivity contribution >= 4 is 23.3 Å². The van der Waals surface area contributed by atoms with E-state index in [1.54, 1.807) is 18.2 Å². The molecule has 0 aliphatic carbocycles. The number of hydrogen-bond donors (Lipinski definition) is 1. The van der Waals surface area contributed by atoms with Crippen molar-refractivity contribution < 1.29 is 24.0 Å². The third kappa shape index (κ3) is 5.09. The molecule has 0 saturated carbocycles. The number of nitro groups is 1. The van der Waals surface area contributed by atoms with Gasteiger partial charge in [0.2, 0.25) is 0 Å². The Morgan fingerprint density at radius 3 is 2.54 bits per heavy atom. The molecule has 24 heavy (non-hydrogen) atoms. The minimum Gasteiger partial charge on any atom is -0.484 e. The third-order valence-electron chi connectivity index (χ3n) is 2.78. The summed E-state index contributed by atoms with van der Waals surface area (Å²) in [5.41, 5.74) is 0.309. The maximum absolute atomic E-state index is 11.9. The Labute approximate surface area is 137 Å². The summed E-state index contributed by atoms with van der Waals surface area (Å²) in [7, 11) is 0. The van der Waals surface area contributed by atoms with Gasteiger partial charge in [0.05, 0.1) is 11.0 Å². The lowest BCUT2D eigenvalue weighted by Crippen LogP contribution is -2.20. The minimum absolute atomic E-state index is 0.123. The first-order valence-electron chi connectivity index (χ1n) is 6.89. The van der Waals surface area contributed by atoms with E-state index in [0.29, 0.717) is 11.4 Å². The zero-order chi connectivity index (χ0) is 17.5. The Bertz CT molecular complexity index is 775. The number of nitrogens with one attached hydrogen (secondary N) is 1. The molecule has 1 amide bonds. The number of nitrogens with zero attached hydrogens (tertiary/aromatic N) is 1. The van der Waals surface area contributed by atoms with Gasteiger partial charge in [-0.05, 0) is 18.2 Å². The van der Waals surface area contributed by atoms with Crippen LogP contribution in [-0.4, -0.2) is 23.4 Å². The summed E-state index contributed by atoms with van der Waals surface area (Å²) in [5.74, 6) is -0.401. The molecule has 8 nitrogen and oxygen atoms in total. The standard InChI is InChI=1S/C16H14N2O6/c1-11(19)24-15-7-2-4-12(8-15)17-16(20)10-23-14-6-3-5-13(9-14)18(21)22/h2-9H,10H2,1H3,(H,17,20). The third-order valence-corrected chi connectivity index (χ3v) is 2.78. The van der Waals surface area contributed by atoms with Crippen molar-refractivity contribution in [1.29, 1.82) is 0 Å². The van der Waals surface area contributed by atoms with Gasteiger partial charge >= 0.3 is 5.97 Å². The van der Waals surface area contributed by atoms with Gasteiger partial charge < -0.3 is 14.8 Å². The van der Waals surface area contributed by atoms with Crippen LogP contribution < -0.4 is 14.8 Å². The minimum atomic E-state index is -0.548. The van der Waals surface area contributed by atoms with Crippen LogP contribution >= 0.6 is 0 Å². The first-order chi connectivity index (χ1) is 11.4. The average molecular weight is 330 g/mol. The summed E-state index contributed by atoms with van der Waals surface area (Å²) >= 11 is 0. The zero-order valence-electron chi connectivity index (χ0n) is 12.7. The van der Waals surface area contributed by atoms with Gasteiger partial charge in [0.1, 0.15) is 11.5 Å². The molecule has 124 valence electrons. The molecular weight excluding hydrogens is 316 g/mol. The molecule has 2 rings (SSSR count). The van der Waals surface area contributed by atoms with Crippen molar-refractivity contribution in [2.75, 3.05) is 11.9 Å². The molecule has 0 aliphatic rings. The van der Waals surface area contributed by atoms with Crippen LogP contribution in [0.1, 0.15) is 6.92 Å². The number of benzene rings is 2. The van der Waals surface area contributed by atoms with Crippen molar-refractivity contribution in [1.82, 2.24) is 0 Å². The van der Waals surface area contributed by atoms with Gasteiger partial charge in [0, 0.05) is 24.7 Å². The van der Waals surface area contributed by atoms with Crippen LogP contribution in [0, 0.1) is 10.1 Å². The van der Waals surface area contributed by atoms with Gasteiger partial charge in [-0.1, -0.05) is 12.1 Å². The molecule has 0 fully saturated rings. The fourth-order valence-corrected chi connectivity index (χ4v) is 1.84. The van der Waals surface area contributed by atoms with E-state index in [-0.39, 0.29) is 18.0 Å². The van der Waals surface area contributed by atoms with Crippen LogP contribution in [-0.2, 0) is 9.59 Å². The Hall–Kier alpha value is -3.42. The Kier molecular flexibility index (Phi) is 5.45. The molecule has 8 heteroatoms. The predicted molar refractivity (Wildman–Crippen MR) is 85.0 cm³/mol. The molecular formula is C16H14N2O6. The van der Waals surface area contributed by atoms with Crippen LogP contribution in [0.25, 0.3) is 0 Å². The Morgan fingerprint density at radius 2 is 1.83 bits per heavy atom. The highest BCUT2D eigenvalue weighted by molar-refractivity contribution is 5.92. The second-order valence-electron chi connectivity index (χ2n) is 4.71. The van der Waals surface area contributed by atoms with E-state index in [9.17, 15) is 19.7 Å². The van der Waals surface area contributed by atoms with Crippen molar-refractivity contribution in [2.24, 2.45) is 0 Å². The second-order valence-corrected chi connectivity index (χ2v) is 4.71. The number of non-ortho nitro benzene ring substituents is 1. The number of carbonyl (C=O) groups excluding carboxylic acids is 2. The number of ether oxygens (including phenoxy) is 2. The second kappa shape index (κ2) is 7.73. The Balaban J connectivity index is 1.93. The topological polar surface area (TPSA) is 108 Å². The molecule has 0 atom stereocenters. The van der Waals surface area contributed by atoms with Gasteiger partial charge in [0.25, 0.3) is 11.6 Å². The summed E-state index contributed by atoms with van der Waals surface area (Å²) in [6.07, 6.45) is 0. The van der Waals surface area contributed by atoms with Crippen LogP contribution in [0.15, 0.2) is 48.5 Å². The van der Waals surface area contributed by atoms with Gasteiger partial charge in [0.15, 0.2) is 6.61 Å². The highest BCUT2D eigenvalue weighted by Crippen LogP contribution is 2.20. The molecule has 0 radical (unpaired) electrons. The highest BCUT2D eigenvalue weighted by atomic mass is 16.6. The summed E-state index contributed by atoms with van der Waals surface area (Å²) in [4.78, 5) is 32.9. The van der Waals surface area contributed by atoms with E-state index in [4.69, 9.17) is 9.47 Å². The van der Waals surface area contributed by atoms with Crippen molar-refractivity contribution in [3.05, 3.63) is 58.6 Å². The Morgan fingerprint density at radius 1 is 1.12 bits per heavy atom. The first-order valence-corrected chi connectivity index (χ1v) is 6.89. The van der Waals surface area contributed by atoms with Crippen molar-refractivity contribution in [3.63, 3.8) is 0 Å². The molecule has 2 aromatic rings. The molecule has 0 spiro atoms. The lowest BCUT2D eigenvalue weighted by molar-refractivity contribution is -0.384. The van der Waals surface area contributed by atoms with E-state index < -0.39 is 16.8 Å². The van der Waals surface area contributed by atoms with Crippen LogP contribution in [0.2, 0.25) is 0 Å². The fraction of sp³-hybridized carbons (Fsp3) is 0.125. The van der Waals surface area contributed by atoms with E-state index in [2.05, 4.69) is 5.32 Å². The van der Waals surface area contributed by atoms with Gasteiger partial charge in [-0.15, -0.1) is 0 Å². The summed E-state index contributed by atoms with van der Waals surface area (Å²) in [6, 6.07) is 11.9. The molecule has 0 bridgehead atoms. The van der Waals surface area contributed by atoms with Gasteiger partial charge in [-0.3, -0.25) is 19.7 Å². The number of hydrogen-bond acceptors (Lipinski definition) is 6. The normalized spacial score (nSPS) is 9.88. The van der Waals surface area contributed by atoms with Crippen LogP contribution in [0.3, 0.4) is 0 Å². The average Bonchev–Trinajstić information content (AvgIpc) is 2.53. The number of carbonyl (C=O) groups is 2. The van der Waals surface area contributed by atoms with Gasteiger partial charge in [-0.2, -0.15) is 0 Å². The fourth-order valence-electron chi connectivity index (χ4n) is 1.84. The molecule has 0 unspecified atom stereocenters. The molecule has 0 saturated heterocycles. The quantitative estimate of drug-likeness (QED) is 0.377. The molecule has 0 aromatic heterocycles. The largest absolute Gasteiger partial charge is 0.484 e. The van der Waals surface area contributed by atoms with E-state index >= 15 is 0 Å². The zero-order valence-corrected chi connectivity index (χ0v) is 12.7. The van der Waals surface area contributed by atoms with E-state index in [0.717, 1.165) is 0 Å². The first kappa shape index (κ1) is 16.9. The molecule has 2 aromatic carbocycles. The lowest BCUT2D eigenvalue weighted by atomic mass is 10.3. The summed E-state index contributed by atoms with van der Waals surface area (Å²) < 4.78 is 10.1. The lowest BCUT2D eigenvalue weighted by Gasteiger charge is -2.08. The monoisotopic (exact) mass is 330 g/mol. The number of rotatable bonds is 6. The number of esters is 1. The molecule has 1 N–H and O–H groups in total. The van der Waals surface area contributed by atoms with Crippen LogP contribution in [0.5, 0.6) is 11.5 Å². The number of nitro benzene ring substituents is 1. The van der Waals surface area contributed by atoms with Crippen LogP contribution in [0.4, 0.5) is 11.4 Å². The number of anilines is 1. The van der Waals surface area contributed by atoms with E-state index in [1.807, 2.05) is 0 Å². The van der Waals surface area contributed by atoms with Crippen molar-refractivity contribution in [2.45, 2.75) is 6.92 Å². The van der Waals surface area contributed by atoms with Crippen molar-refractivity contribution in [3.8, 4) is 11.5 Å². The maximum atomic E-state index is 11.9. The summed E-state index contributed by atoms with van der Waals surface area (Å²) in [6.45, 7) is 0.955. The maximum Gasteiger partial charge on any atom is 0.308 e. The SMILES string of the molecule is CC(=O)Oc1cccc(NC(=O)COc2cccc([N+](=O)[O-])c2)c1. The predicted octanol–water partition coefficient (Wildman–Crippen LogP) is 2.54. The van der Waals surface area contributed by atoms with E-state index in [1.165, 1.54) is 37.3 Å². The molecule has 0 heterocycles. The summed E-state index contributed by atoms with van der Waals surface area (Å²) in [5, 5.41) is 13.2. The highest BCUT2D eigenvalue weighted by Gasteiger charge is 2.09.